The molecule has 0 saturated heterocycles. The van der Waals surface area contributed by atoms with Gasteiger partial charge < -0.3 is 4.90 Å². The predicted molar refractivity (Wildman–Crippen MR) is 65.5 cm³/mol. The summed E-state index contributed by atoms with van der Waals surface area (Å²) in [4.78, 5) is 3.32. The van der Waals surface area contributed by atoms with Crippen LogP contribution < -0.4 is 0 Å². The van der Waals surface area contributed by atoms with Crippen molar-refractivity contribution in [2.75, 3.05) is 19.6 Å². The summed E-state index contributed by atoms with van der Waals surface area (Å²) in [5.74, 6) is -0.0533. The van der Waals surface area contributed by atoms with Crippen LogP contribution in [0.25, 0.3) is 0 Å². The molecule has 82 valence electrons. The minimum Gasteiger partial charge on any atom is -0.302 e. The van der Waals surface area contributed by atoms with Crippen molar-refractivity contribution < 1.29 is 0 Å². The first-order chi connectivity index (χ1) is 7.21. The molecule has 0 spiro atoms. The van der Waals surface area contributed by atoms with E-state index in [1.807, 2.05) is 12.1 Å². The van der Waals surface area contributed by atoms with Gasteiger partial charge >= 0.3 is 0 Å². The van der Waals surface area contributed by atoms with E-state index >= 15 is 0 Å². The molecule has 0 aromatic carbocycles. The van der Waals surface area contributed by atoms with E-state index in [4.69, 9.17) is 16.9 Å². The van der Waals surface area contributed by atoms with E-state index in [1.54, 1.807) is 0 Å². The molecule has 1 aromatic heterocycles. The molecule has 0 amide bonds. The lowest BCUT2D eigenvalue weighted by Crippen LogP contribution is -2.27. The summed E-state index contributed by atoms with van der Waals surface area (Å²) in [5, 5.41) is 9.12. The van der Waals surface area contributed by atoms with Crippen molar-refractivity contribution in [1.82, 2.24) is 4.90 Å². The van der Waals surface area contributed by atoms with Crippen molar-refractivity contribution in [2.45, 2.75) is 19.8 Å². The van der Waals surface area contributed by atoms with E-state index in [9.17, 15) is 0 Å². The molecule has 0 radical (unpaired) electrons. The fraction of sp³-hybridized carbons (Fsp3) is 0.545. The molecule has 0 bridgehead atoms. The molecule has 0 aliphatic heterocycles. The Morgan fingerprint density at radius 2 is 2.13 bits per heavy atom. The standard InChI is InChI=1S/C11H15ClN2S/c1-3-14(4-2)8-9(7-13)10-5-6-11(12)15-10/h5-6,9H,3-4,8H2,1-2H3. The lowest BCUT2D eigenvalue weighted by Gasteiger charge is -2.20. The van der Waals surface area contributed by atoms with Crippen molar-refractivity contribution in [1.29, 1.82) is 5.26 Å². The first kappa shape index (κ1) is 12.5. The molecule has 1 aromatic rings. The first-order valence-corrected chi connectivity index (χ1v) is 6.27. The number of nitrogens with zero attached hydrogens (tertiary/aromatic N) is 2. The van der Waals surface area contributed by atoms with Crippen LogP contribution in [0.1, 0.15) is 24.6 Å². The second kappa shape index (κ2) is 6.12. The van der Waals surface area contributed by atoms with Crippen molar-refractivity contribution >= 4 is 22.9 Å². The molecule has 0 aliphatic carbocycles. The zero-order valence-corrected chi connectivity index (χ0v) is 10.6. The van der Waals surface area contributed by atoms with E-state index in [2.05, 4.69) is 24.8 Å². The number of hydrogen-bond acceptors (Lipinski definition) is 3. The number of hydrogen-bond donors (Lipinski definition) is 0. The van der Waals surface area contributed by atoms with Crippen LogP contribution in [0, 0.1) is 11.3 Å². The Kier molecular flexibility index (Phi) is 5.10. The Morgan fingerprint density at radius 1 is 1.47 bits per heavy atom. The fourth-order valence-electron chi connectivity index (χ4n) is 1.45. The maximum absolute atomic E-state index is 9.12. The van der Waals surface area contributed by atoms with Crippen LogP contribution in [0.4, 0.5) is 0 Å². The summed E-state index contributed by atoms with van der Waals surface area (Å²) in [6.07, 6.45) is 0. The highest BCUT2D eigenvalue weighted by Gasteiger charge is 2.15. The van der Waals surface area contributed by atoms with Gasteiger partial charge in [0, 0.05) is 11.4 Å². The van der Waals surface area contributed by atoms with Crippen LogP contribution in [-0.4, -0.2) is 24.5 Å². The average Bonchev–Trinajstić information content (AvgIpc) is 2.67. The van der Waals surface area contributed by atoms with Crippen molar-refractivity contribution in [3.05, 3.63) is 21.3 Å². The van der Waals surface area contributed by atoms with Gasteiger partial charge in [-0.2, -0.15) is 5.26 Å². The molecule has 0 aliphatic rings. The van der Waals surface area contributed by atoms with Crippen molar-refractivity contribution in [2.24, 2.45) is 0 Å². The Bertz CT molecular complexity index is 339. The number of halogens is 1. The van der Waals surface area contributed by atoms with Crippen molar-refractivity contribution in [3.63, 3.8) is 0 Å². The normalized spacial score (nSPS) is 12.7. The first-order valence-electron chi connectivity index (χ1n) is 5.08. The minimum atomic E-state index is -0.0533. The highest BCUT2D eigenvalue weighted by molar-refractivity contribution is 7.16. The van der Waals surface area contributed by atoms with Gasteiger partial charge in [0.2, 0.25) is 0 Å². The molecular weight excluding hydrogens is 228 g/mol. The van der Waals surface area contributed by atoms with Gasteiger partial charge in [-0.25, -0.2) is 0 Å². The van der Waals surface area contributed by atoms with Gasteiger partial charge in [-0.05, 0) is 25.2 Å². The van der Waals surface area contributed by atoms with Gasteiger partial charge in [0.05, 0.1) is 16.3 Å². The molecule has 4 heteroatoms. The monoisotopic (exact) mass is 242 g/mol. The van der Waals surface area contributed by atoms with Crippen LogP contribution in [0.15, 0.2) is 12.1 Å². The van der Waals surface area contributed by atoms with Gasteiger partial charge in [-0.3, -0.25) is 0 Å². The van der Waals surface area contributed by atoms with Crippen LogP contribution in [0.3, 0.4) is 0 Å². The summed E-state index contributed by atoms with van der Waals surface area (Å²) >= 11 is 7.36. The summed E-state index contributed by atoms with van der Waals surface area (Å²) in [6, 6.07) is 6.14. The predicted octanol–water partition coefficient (Wildman–Crippen LogP) is 3.35. The summed E-state index contributed by atoms with van der Waals surface area (Å²) < 4.78 is 0.754. The molecule has 0 saturated carbocycles. The van der Waals surface area contributed by atoms with E-state index in [-0.39, 0.29) is 5.92 Å². The highest BCUT2D eigenvalue weighted by atomic mass is 35.5. The topological polar surface area (TPSA) is 27.0 Å². The van der Waals surface area contributed by atoms with Gasteiger partial charge in [0.25, 0.3) is 0 Å². The Morgan fingerprint density at radius 3 is 2.53 bits per heavy atom. The molecule has 0 N–H and O–H groups in total. The van der Waals surface area contributed by atoms with Crippen LogP contribution in [0.2, 0.25) is 4.34 Å². The third-order valence-corrected chi connectivity index (χ3v) is 3.77. The quantitative estimate of drug-likeness (QED) is 0.792. The summed E-state index contributed by atoms with van der Waals surface area (Å²) in [6.45, 7) is 6.97. The molecule has 15 heavy (non-hydrogen) atoms. The zero-order chi connectivity index (χ0) is 11.3. The molecule has 1 atom stereocenters. The van der Waals surface area contributed by atoms with Crippen LogP contribution in [0.5, 0.6) is 0 Å². The lowest BCUT2D eigenvalue weighted by molar-refractivity contribution is 0.299. The smallest absolute Gasteiger partial charge is 0.0933 e. The third-order valence-electron chi connectivity index (χ3n) is 2.43. The van der Waals surface area contributed by atoms with E-state index in [1.165, 1.54) is 11.3 Å². The van der Waals surface area contributed by atoms with Gasteiger partial charge in [0.1, 0.15) is 0 Å². The number of thiophene rings is 1. The Hall–Kier alpha value is -0.560. The van der Waals surface area contributed by atoms with Crippen LogP contribution >= 0.6 is 22.9 Å². The van der Waals surface area contributed by atoms with Crippen LogP contribution in [-0.2, 0) is 0 Å². The van der Waals surface area contributed by atoms with E-state index in [0.717, 1.165) is 28.8 Å². The summed E-state index contributed by atoms with van der Waals surface area (Å²) in [5.41, 5.74) is 0. The summed E-state index contributed by atoms with van der Waals surface area (Å²) in [7, 11) is 0. The largest absolute Gasteiger partial charge is 0.302 e. The number of likely N-dealkylation sites (N-methyl/N-ethyl adjacent to an activating group) is 1. The fourth-order valence-corrected chi connectivity index (χ4v) is 2.55. The lowest BCUT2D eigenvalue weighted by atomic mass is 10.1. The Labute approximate surface area is 100 Å². The molecule has 2 nitrogen and oxygen atoms in total. The third kappa shape index (κ3) is 3.49. The molecule has 0 fully saturated rings. The maximum Gasteiger partial charge on any atom is 0.0933 e. The maximum atomic E-state index is 9.12. The van der Waals surface area contributed by atoms with Crippen molar-refractivity contribution in [3.8, 4) is 6.07 Å². The molecule has 1 heterocycles. The molecule has 1 rings (SSSR count). The highest BCUT2D eigenvalue weighted by Crippen LogP contribution is 2.28. The van der Waals surface area contributed by atoms with Gasteiger partial charge in [0.15, 0.2) is 0 Å². The van der Waals surface area contributed by atoms with Gasteiger partial charge in [-0.1, -0.05) is 25.4 Å². The second-order valence-electron chi connectivity index (χ2n) is 3.31. The number of rotatable bonds is 5. The second-order valence-corrected chi connectivity index (χ2v) is 5.06. The Balaban J connectivity index is 2.69. The minimum absolute atomic E-state index is 0.0533. The zero-order valence-electron chi connectivity index (χ0n) is 9.03. The molecular formula is C11H15ClN2S. The number of nitriles is 1. The van der Waals surface area contributed by atoms with Gasteiger partial charge in [-0.15, -0.1) is 11.3 Å². The average molecular weight is 243 g/mol. The molecule has 1 unspecified atom stereocenters. The van der Waals surface area contributed by atoms with E-state index < -0.39 is 0 Å². The SMILES string of the molecule is CCN(CC)CC(C#N)c1ccc(Cl)s1. The van der Waals surface area contributed by atoms with E-state index in [0.29, 0.717) is 0 Å².